The van der Waals surface area contributed by atoms with E-state index in [-0.39, 0.29) is 5.91 Å². The minimum atomic E-state index is -0.0280. The largest absolute Gasteiger partial charge is 0.489 e. The Kier molecular flexibility index (Phi) is 4.65. The summed E-state index contributed by atoms with van der Waals surface area (Å²) in [5.41, 5.74) is 1.56. The Balaban J connectivity index is 1.64. The van der Waals surface area contributed by atoms with Crippen molar-refractivity contribution in [2.24, 2.45) is 5.92 Å². The van der Waals surface area contributed by atoms with Gasteiger partial charge in [0.1, 0.15) is 17.9 Å². The van der Waals surface area contributed by atoms with Crippen molar-refractivity contribution < 1.29 is 13.9 Å². The van der Waals surface area contributed by atoms with Crippen molar-refractivity contribution in [1.82, 2.24) is 4.90 Å². The van der Waals surface area contributed by atoms with Crippen LogP contribution in [0.5, 0.6) is 5.75 Å². The maximum atomic E-state index is 13.1. The number of carbonyl (C=O) groups is 1. The van der Waals surface area contributed by atoms with E-state index >= 15 is 0 Å². The first kappa shape index (κ1) is 16.7. The molecular formula is C22H23NO3. The summed E-state index contributed by atoms with van der Waals surface area (Å²) in [6.45, 7) is 4.13. The number of ether oxygens (including phenoxy) is 1. The summed E-state index contributed by atoms with van der Waals surface area (Å²) in [6.07, 6.45) is 2.09. The molecule has 0 atom stereocenters. The van der Waals surface area contributed by atoms with Gasteiger partial charge in [-0.3, -0.25) is 4.79 Å². The van der Waals surface area contributed by atoms with Crippen molar-refractivity contribution in [2.45, 2.75) is 26.4 Å². The van der Waals surface area contributed by atoms with Gasteiger partial charge in [-0.05, 0) is 37.0 Å². The second-order valence-electron chi connectivity index (χ2n) is 6.98. The van der Waals surface area contributed by atoms with Gasteiger partial charge < -0.3 is 14.1 Å². The summed E-state index contributed by atoms with van der Waals surface area (Å²) in [7, 11) is 0. The third-order valence-corrected chi connectivity index (χ3v) is 5.09. The Morgan fingerprint density at radius 2 is 1.77 bits per heavy atom. The van der Waals surface area contributed by atoms with E-state index in [1.807, 2.05) is 59.5 Å². The lowest BCUT2D eigenvalue weighted by atomic mass is 9.99. The second-order valence-corrected chi connectivity index (χ2v) is 6.98. The number of hydrogen-bond donors (Lipinski definition) is 0. The van der Waals surface area contributed by atoms with Crippen LogP contribution in [0.4, 0.5) is 0 Å². The third-order valence-electron chi connectivity index (χ3n) is 5.09. The van der Waals surface area contributed by atoms with Crippen LogP contribution in [0.2, 0.25) is 0 Å². The molecule has 1 fully saturated rings. The zero-order valence-electron chi connectivity index (χ0n) is 15.0. The Labute approximate surface area is 153 Å². The first-order valence-electron chi connectivity index (χ1n) is 9.20. The van der Waals surface area contributed by atoms with Gasteiger partial charge in [-0.1, -0.05) is 43.3 Å². The van der Waals surface area contributed by atoms with Crippen LogP contribution < -0.4 is 4.74 Å². The quantitative estimate of drug-likeness (QED) is 0.674. The standard InChI is InChI=1S/C22H23NO3/c1-16-11-13-23(14-12-16)22(24)21-19(15-25-17-7-3-2-4-8-17)18-9-5-6-10-20(18)26-21/h2-10,16H,11-15H2,1H3. The lowest BCUT2D eigenvalue weighted by molar-refractivity contribution is 0.0664. The smallest absolute Gasteiger partial charge is 0.290 e. The van der Waals surface area contributed by atoms with Gasteiger partial charge in [0.05, 0.1) is 0 Å². The van der Waals surface area contributed by atoms with Crippen LogP contribution in [0, 0.1) is 5.92 Å². The first-order chi connectivity index (χ1) is 12.7. The topological polar surface area (TPSA) is 42.7 Å². The fraction of sp³-hybridized carbons (Fsp3) is 0.318. The number of rotatable bonds is 4. The summed E-state index contributed by atoms with van der Waals surface area (Å²) in [5.74, 6) is 1.84. The molecule has 0 bridgehead atoms. The van der Waals surface area contributed by atoms with Gasteiger partial charge in [0, 0.05) is 24.0 Å². The van der Waals surface area contributed by atoms with Gasteiger partial charge in [0.2, 0.25) is 0 Å². The third kappa shape index (κ3) is 3.32. The van der Waals surface area contributed by atoms with Gasteiger partial charge in [-0.15, -0.1) is 0 Å². The minimum absolute atomic E-state index is 0.0280. The zero-order chi connectivity index (χ0) is 17.9. The molecule has 1 aliphatic heterocycles. The fourth-order valence-electron chi connectivity index (χ4n) is 3.44. The van der Waals surface area contributed by atoms with Gasteiger partial charge in [-0.2, -0.15) is 0 Å². The molecule has 1 amide bonds. The van der Waals surface area contributed by atoms with E-state index in [4.69, 9.17) is 9.15 Å². The van der Waals surface area contributed by atoms with Crippen LogP contribution >= 0.6 is 0 Å². The van der Waals surface area contributed by atoms with E-state index in [9.17, 15) is 4.79 Å². The van der Waals surface area contributed by atoms with Crippen molar-refractivity contribution in [3.8, 4) is 5.75 Å². The van der Waals surface area contributed by atoms with Gasteiger partial charge in [0.25, 0.3) is 5.91 Å². The lowest BCUT2D eigenvalue weighted by Crippen LogP contribution is -2.38. The Morgan fingerprint density at radius 3 is 2.54 bits per heavy atom. The molecule has 1 aromatic heterocycles. The van der Waals surface area contributed by atoms with E-state index in [0.29, 0.717) is 18.3 Å². The second kappa shape index (κ2) is 7.24. The van der Waals surface area contributed by atoms with Gasteiger partial charge in [0.15, 0.2) is 5.76 Å². The molecule has 2 heterocycles. The molecular weight excluding hydrogens is 326 g/mol. The number of fused-ring (bicyclic) bond motifs is 1. The highest BCUT2D eigenvalue weighted by Crippen LogP contribution is 2.29. The number of amides is 1. The molecule has 4 heteroatoms. The molecule has 1 aliphatic rings. The number of piperidine rings is 1. The van der Waals surface area contributed by atoms with Gasteiger partial charge >= 0.3 is 0 Å². The van der Waals surface area contributed by atoms with Crippen molar-refractivity contribution in [1.29, 1.82) is 0 Å². The van der Waals surface area contributed by atoms with E-state index < -0.39 is 0 Å². The predicted octanol–water partition coefficient (Wildman–Crippen LogP) is 4.88. The summed E-state index contributed by atoms with van der Waals surface area (Å²) in [4.78, 5) is 15.0. The van der Waals surface area contributed by atoms with Crippen LogP contribution in [0.1, 0.15) is 35.9 Å². The summed E-state index contributed by atoms with van der Waals surface area (Å²) < 4.78 is 11.9. The van der Waals surface area contributed by atoms with Crippen LogP contribution in [0.25, 0.3) is 11.0 Å². The van der Waals surface area contributed by atoms with E-state index in [1.165, 1.54) is 0 Å². The number of likely N-dealkylation sites (tertiary alicyclic amines) is 1. The molecule has 1 saturated heterocycles. The maximum absolute atomic E-state index is 13.1. The molecule has 0 spiro atoms. The average molecular weight is 349 g/mol. The first-order valence-corrected chi connectivity index (χ1v) is 9.20. The molecule has 0 aliphatic carbocycles. The number of furan rings is 1. The monoisotopic (exact) mass is 349 g/mol. The molecule has 26 heavy (non-hydrogen) atoms. The summed E-state index contributed by atoms with van der Waals surface area (Å²) >= 11 is 0. The molecule has 0 unspecified atom stereocenters. The normalized spacial score (nSPS) is 15.3. The van der Waals surface area contributed by atoms with Crippen LogP contribution in [-0.4, -0.2) is 23.9 Å². The van der Waals surface area contributed by atoms with E-state index in [1.54, 1.807) is 0 Å². The molecule has 0 N–H and O–H groups in total. The van der Waals surface area contributed by atoms with Crippen LogP contribution in [0.15, 0.2) is 59.0 Å². The Bertz CT molecular complexity index is 892. The van der Waals surface area contributed by atoms with Crippen LogP contribution in [-0.2, 0) is 6.61 Å². The van der Waals surface area contributed by atoms with Crippen molar-refractivity contribution in [3.05, 3.63) is 65.9 Å². The molecule has 3 aromatic rings. The van der Waals surface area contributed by atoms with Crippen LogP contribution in [0.3, 0.4) is 0 Å². The number of hydrogen-bond acceptors (Lipinski definition) is 3. The Hall–Kier alpha value is -2.75. The van der Waals surface area contributed by atoms with E-state index in [2.05, 4.69) is 6.92 Å². The van der Waals surface area contributed by atoms with E-state index in [0.717, 1.165) is 48.2 Å². The molecule has 134 valence electrons. The molecule has 4 nitrogen and oxygen atoms in total. The predicted molar refractivity (Wildman–Crippen MR) is 101 cm³/mol. The average Bonchev–Trinajstić information content (AvgIpc) is 3.06. The molecule has 0 radical (unpaired) electrons. The Morgan fingerprint density at radius 1 is 1.08 bits per heavy atom. The highest BCUT2D eigenvalue weighted by Gasteiger charge is 2.27. The molecule has 0 saturated carbocycles. The van der Waals surface area contributed by atoms with Crippen molar-refractivity contribution in [2.75, 3.05) is 13.1 Å². The highest BCUT2D eigenvalue weighted by atomic mass is 16.5. The number of benzene rings is 2. The number of carbonyl (C=O) groups excluding carboxylic acids is 1. The zero-order valence-corrected chi connectivity index (χ0v) is 15.0. The minimum Gasteiger partial charge on any atom is -0.489 e. The highest BCUT2D eigenvalue weighted by molar-refractivity contribution is 5.99. The molecule has 2 aromatic carbocycles. The molecule has 4 rings (SSSR count). The van der Waals surface area contributed by atoms with Gasteiger partial charge in [-0.25, -0.2) is 0 Å². The fourth-order valence-corrected chi connectivity index (χ4v) is 3.44. The lowest BCUT2D eigenvalue weighted by Gasteiger charge is -2.29. The summed E-state index contributed by atoms with van der Waals surface area (Å²) in [5, 5.41) is 0.942. The van der Waals surface area contributed by atoms with Crippen molar-refractivity contribution >= 4 is 16.9 Å². The number of para-hydroxylation sites is 2. The SMILES string of the molecule is CC1CCN(C(=O)c2oc3ccccc3c2COc2ccccc2)CC1. The van der Waals surface area contributed by atoms with Crippen molar-refractivity contribution in [3.63, 3.8) is 0 Å². The summed E-state index contributed by atoms with van der Waals surface area (Å²) in [6, 6.07) is 17.4. The number of nitrogens with zero attached hydrogens (tertiary/aromatic N) is 1. The maximum Gasteiger partial charge on any atom is 0.290 e.